The summed E-state index contributed by atoms with van der Waals surface area (Å²) < 4.78 is 23.0. The van der Waals surface area contributed by atoms with E-state index >= 15 is 0 Å². The molecule has 1 fully saturated rings. The van der Waals surface area contributed by atoms with Crippen molar-refractivity contribution < 1.29 is 13.2 Å². The van der Waals surface area contributed by atoms with Crippen molar-refractivity contribution in [2.24, 2.45) is 11.7 Å². The normalized spacial score (nSPS) is 21.7. The van der Waals surface area contributed by atoms with Crippen LogP contribution < -0.4 is 11.1 Å². The van der Waals surface area contributed by atoms with Gasteiger partial charge in [0.25, 0.3) is 0 Å². The number of anilines is 1. The maximum absolute atomic E-state index is 12.1. The number of nitrogens with one attached hydrogen (secondary N) is 1. The highest BCUT2D eigenvalue weighted by atomic mass is 35.5. The fraction of sp³-hybridized carbons (Fsp3) is 0.533. The first-order valence-electron chi connectivity index (χ1n) is 7.22. The van der Waals surface area contributed by atoms with Crippen molar-refractivity contribution in [2.45, 2.75) is 43.0 Å². The molecule has 0 radical (unpaired) electrons. The highest BCUT2D eigenvalue weighted by molar-refractivity contribution is 7.90. The van der Waals surface area contributed by atoms with Crippen molar-refractivity contribution in [3.63, 3.8) is 0 Å². The van der Waals surface area contributed by atoms with Gasteiger partial charge in [0.2, 0.25) is 5.91 Å². The number of carbonyl (C=O) groups excluding carboxylic acids is 1. The Morgan fingerprint density at radius 3 is 2.64 bits per heavy atom. The van der Waals surface area contributed by atoms with Crippen LogP contribution in [0, 0.1) is 5.92 Å². The van der Waals surface area contributed by atoms with Crippen molar-refractivity contribution in [3.8, 4) is 0 Å². The number of rotatable bonds is 4. The molecule has 0 spiro atoms. The lowest BCUT2D eigenvalue weighted by Gasteiger charge is -2.27. The number of amides is 1. The Labute approximate surface area is 138 Å². The van der Waals surface area contributed by atoms with Crippen LogP contribution in [-0.4, -0.2) is 26.6 Å². The lowest BCUT2D eigenvalue weighted by atomic mass is 9.83. The molecular weight excluding hydrogens is 324 g/mol. The Morgan fingerprint density at radius 1 is 1.32 bits per heavy atom. The number of hydrogen-bond acceptors (Lipinski definition) is 4. The second kappa shape index (κ2) is 7.94. The van der Waals surface area contributed by atoms with E-state index in [1.165, 1.54) is 12.1 Å². The molecule has 0 saturated heterocycles. The van der Waals surface area contributed by atoms with Gasteiger partial charge in [-0.1, -0.05) is 18.9 Å². The van der Waals surface area contributed by atoms with Crippen LogP contribution in [0.5, 0.6) is 0 Å². The van der Waals surface area contributed by atoms with Gasteiger partial charge in [0.15, 0.2) is 9.84 Å². The third kappa shape index (κ3) is 5.26. The molecule has 1 aromatic rings. The van der Waals surface area contributed by atoms with Crippen LogP contribution in [0.2, 0.25) is 0 Å². The largest absolute Gasteiger partial charge is 0.327 e. The summed E-state index contributed by atoms with van der Waals surface area (Å²) in [6.45, 7) is 0. The molecule has 0 aliphatic heterocycles. The van der Waals surface area contributed by atoms with E-state index < -0.39 is 9.84 Å². The number of nitrogens with two attached hydrogens (primary N) is 1. The molecule has 124 valence electrons. The van der Waals surface area contributed by atoms with Crippen molar-refractivity contribution >= 4 is 33.8 Å². The Kier molecular flexibility index (Phi) is 6.84. The zero-order valence-electron chi connectivity index (χ0n) is 12.6. The summed E-state index contributed by atoms with van der Waals surface area (Å²) in [7, 11) is -3.27. The summed E-state index contributed by atoms with van der Waals surface area (Å²) in [4.78, 5) is 12.3. The zero-order chi connectivity index (χ0) is 15.5. The maximum atomic E-state index is 12.1. The molecule has 5 nitrogen and oxygen atoms in total. The Bertz CT molecular complexity index is 619. The molecule has 2 rings (SSSR count). The van der Waals surface area contributed by atoms with Crippen LogP contribution in [0.3, 0.4) is 0 Å². The third-order valence-electron chi connectivity index (χ3n) is 3.96. The summed E-state index contributed by atoms with van der Waals surface area (Å²) in [6.07, 6.45) is 5.75. The van der Waals surface area contributed by atoms with Gasteiger partial charge in [-0.2, -0.15) is 0 Å². The zero-order valence-corrected chi connectivity index (χ0v) is 14.3. The molecule has 1 amide bonds. The summed E-state index contributed by atoms with van der Waals surface area (Å²) in [5.74, 6) is 0.111. The van der Waals surface area contributed by atoms with E-state index in [-0.39, 0.29) is 35.2 Å². The fourth-order valence-electron chi connectivity index (χ4n) is 2.74. The minimum absolute atomic E-state index is 0. The Hall–Kier alpha value is -1.11. The van der Waals surface area contributed by atoms with Gasteiger partial charge in [0.1, 0.15) is 0 Å². The van der Waals surface area contributed by atoms with Crippen molar-refractivity contribution in [1.82, 2.24) is 0 Å². The van der Waals surface area contributed by atoms with E-state index in [1.807, 2.05) is 0 Å². The monoisotopic (exact) mass is 346 g/mol. The molecule has 22 heavy (non-hydrogen) atoms. The van der Waals surface area contributed by atoms with Crippen molar-refractivity contribution in [1.29, 1.82) is 0 Å². The van der Waals surface area contributed by atoms with Crippen LogP contribution >= 0.6 is 12.4 Å². The van der Waals surface area contributed by atoms with Crippen LogP contribution in [0.1, 0.15) is 32.1 Å². The molecule has 1 saturated carbocycles. The average molecular weight is 347 g/mol. The lowest BCUT2D eigenvalue weighted by molar-refractivity contribution is -0.117. The van der Waals surface area contributed by atoms with Crippen molar-refractivity contribution in [3.05, 3.63) is 24.3 Å². The van der Waals surface area contributed by atoms with Crippen LogP contribution in [0.15, 0.2) is 29.2 Å². The number of hydrogen-bond donors (Lipinski definition) is 2. The second-order valence-electron chi connectivity index (χ2n) is 5.76. The van der Waals surface area contributed by atoms with Gasteiger partial charge in [-0.05, 0) is 37.0 Å². The smallest absolute Gasteiger partial charge is 0.224 e. The maximum Gasteiger partial charge on any atom is 0.224 e. The SMILES string of the molecule is CS(=O)(=O)c1cccc(NC(=O)CC2CCCCC2N)c1.Cl. The lowest BCUT2D eigenvalue weighted by Crippen LogP contribution is -2.35. The van der Waals surface area contributed by atoms with Crippen LogP contribution in [0.4, 0.5) is 5.69 Å². The summed E-state index contributed by atoms with van der Waals surface area (Å²) in [5, 5.41) is 2.76. The van der Waals surface area contributed by atoms with E-state index in [0.717, 1.165) is 31.9 Å². The predicted octanol–water partition coefficient (Wildman–Crippen LogP) is 2.36. The molecule has 3 N–H and O–H groups in total. The molecular formula is C15H23ClN2O3S. The van der Waals surface area contributed by atoms with Gasteiger partial charge < -0.3 is 11.1 Å². The Morgan fingerprint density at radius 2 is 2.00 bits per heavy atom. The van der Waals surface area contributed by atoms with E-state index in [2.05, 4.69) is 5.32 Å². The molecule has 7 heteroatoms. The fourth-order valence-corrected chi connectivity index (χ4v) is 3.41. The first-order chi connectivity index (χ1) is 9.86. The second-order valence-corrected chi connectivity index (χ2v) is 7.78. The van der Waals surface area contributed by atoms with E-state index in [4.69, 9.17) is 5.73 Å². The average Bonchev–Trinajstić information content (AvgIpc) is 2.41. The minimum atomic E-state index is -3.27. The third-order valence-corrected chi connectivity index (χ3v) is 5.07. The number of sulfone groups is 1. The highest BCUT2D eigenvalue weighted by Gasteiger charge is 2.24. The number of halogens is 1. The van der Waals surface area contributed by atoms with Gasteiger partial charge in [0, 0.05) is 24.4 Å². The summed E-state index contributed by atoms with van der Waals surface area (Å²) in [5.41, 5.74) is 6.55. The van der Waals surface area contributed by atoms with Gasteiger partial charge in [-0.15, -0.1) is 12.4 Å². The summed E-state index contributed by atoms with van der Waals surface area (Å²) in [6, 6.07) is 6.40. The summed E-state index contributed by atoms with van der Waals surface area (Å²) >= 11 is 0. The first-order valence-corrected chi connectivity index (χ1v) is 9.11. The van der Waals surface area contributed by atoms with Gasteiger partial charge >= 0.3 is 0 Å². The highest BCUT2D eigenvalue weighted by Crippen LogP contribution is 2.26. The standard InChI is InChI=1S/C15H22N2O3S.ClH/c1-21(19,20)13-7-4-6-12(10-13)17-15(18)9-11-5-2-3-8-14(11)16;/h4,6-7,10-11,14H,2-3,5,8-9,16H2,1H3,(H,17,18);1H. The minimum Gasteiger partial charge on any atom is -0.327 e. The molecule has 2 atom stereocenters. The molecule has 1 aliphatic rings. The van der Waals surface area contributed by atoms with E-state index in [9.17, 15) is 13.2 Å². The first kappa shape index (κ1) is 18.9. The molecule has 0 aromatic heterocycles. The van der Waals surface area contributed by atoms with Crippen LogP contribution in [0.25, 0.3) is 0 Å². The molecule has 0 bridgehead atoms. The van der Waals surface area contributed by atoms with E-state index in [0.29, 0.717) is 12.1 Å². The molecule has 2 unspecified atom stereocenters. The topological polar surface area (TPSA) is 89.3 Å². The number of carbonyl (C=O) groups is 1. The quantitative estimate of drug-likeness (QED) is 0.875. The van der Waals surface area contributed by atoms with Gasteiger partial charge in [-0.3, -0.25) is 4.79 Å². The van der Waals surface area contributed by atoms with Crippen molar-refractivity contribution in [2.75, 3.05) is 11.6 Å². The molecule has 1 aliphatic carbocycles. The molecule has 1 aromatic carbocycles. The predicted molar refractivity (Wildman–Crippen MR) is 90.0 cm³/mol. The van der Waals surface area contributed by atoms with Crippen LogP contribution in [-0.2, 0) is 14.6 Å². The van der Waals surface area contributed by atoms with Gasteiger partial charge in [-0.25, -0.2) is 8.42 Å². The Balaban J connectivity index is 0.00000242. The molecule has 0 heterocycles. The number of benzene rings is 1. The van der Waals surface area contributed by atoms with Gasteiger partial charge in [0.05, 0.1) is 4.90 Å². The van der Waals surface area contributed by atoms with E-state index in [1.54, 1.807) is 12.1 Å².